The number of terminal acetylenes is 1. The van der Waals surface area contributed by atoms with Gasteiger partial charge in [-0.05, 0) is 6.42 Å². The Balaban J connectivity index is 1.57. The molecule has 2 atom stereocenters. The van der Waals surface area contributed by atoms with Gasteiger partial charge >= 0.3 is 6.09 Å². The maximum atomic E-state index is 12.2. The third-order valence-electron chi connectivity index (χ3n) is 5.54. The number of fused-ring (bicyclic) bond motifs is 1. The van der Waals surface area contributed by atoms with Crippen LogP contribution in [0.4, 0.5) is 4.79 Å². The fourth-order valence-corrected chi connectivity index (χ4v) is 3.91. The third kappa shape index (κ3) is 8.10. The number of carbonyl (C=O) groups is 2. The number of rotatable bonds is 14. The first kappa shape index (κ1) is 23.3. The molecule has 2 saturated heterocycles. The number of nitrogens with one attached hydrogen (secondary N) is 1. The quantitative estimate of drug-likeness (QED) is 0.268. The summed E-state index contributed by atoms with van der Waals surface area (Å²) in [6.07, 6.45) is 19.3. The molecule has 0 spiro atoms. The van der Waals surface area contributed by atoms with Crippen molar-refractivity contribution in [3.63, 3.8) is 0 Å². The highest BCUT2D eigenvalue weighted by Gasteiger charge is 2.45. The van der Waals surface area contributed by atoms with Gasteiger partial charge in [0.25, 0.3) is 0 Å². The van der Waals surface area contributed by atoms with Crippen molar-refractivity contribution in [2.75, 3.05) is 19.7 Å². The van der Waals surface area contributed by atoms with Crippen LogP contribution in [0.15, 0.2) is 11.8 Å². The van der Waals surface area contributed by atoms with E-state index < -0.39 is 6.09 Å². The minimum atomic E-state index is -0.421. The highest BCUT2D eigenvalue weighted by Crippen LogP contribution is 2.33. The molecule has 6 nitrogen and oxygen atoms in total. The van der Waals surface area contributed by atoms with Crippen LogP contribution in [0.5, 0.6) is 0 Å². The Morgan fingerprint density at radius 2 is 1.86 bits per heavy atom. The molecule has 1 N–H and O–H groups in total. The number of hydrogen-bond donors (Lipinski definition) is 1. The highest BCUT2D eigenvalue weighted by molar-refractivity contribution is 5.89. The van der Waals surface area contributed by atoms with Gasteiger partial charge in [0.15, 0.2) is 0 Å². The van der Waals surface area contributed by atoms with Gasteiger partial charge in [-0.15, -0.1) is 6.42 Å². The molecule has 0 aliphatic carbocycles. The summed E-state index contributed by atoms with van der Waals surface area (Å²) in [5.41, 5.74) is 0. The maximum absolute atomic E-state index is 12.2. The monoisotopic (exact) mass is 404 g/mol. The van der Waals surface area contributed by atoms with Crippen molar-refractivity contribution in [1.82, 2.24) is 10.2 Å². The smallest absolute Gasteiger partial charge is 0.412 e. The first-order chi connectivity index (χ1) is 14.2. The normalized spacial score (nSPS) is 21.9. The van der Waals surface area contributed by atoms with Crippen LogP contribution in [0.3, 0.4) is 0 Å². The predicted molar refractivity (Wildman–Crippen MR) is 113 cm³/mol. The fourth-order valence-electron chi connectivity index (χ4n) is 3.91. The second kappa shape index (κ2) is 13.3. The van der Waals surface area contributed by atoms with Gasteiger partial charge in [-0.25, -0.2) is 4.79 Å². The molecule has 2 fully saturated rings. The molecule has 2 rings (SSSR count). The van der Waals surface area contributed by atoms with E-state index in [1.165, 1.54) is 57.4 Å². The van der Waals surface area contributed by atoms with Crippen LogP contribution in [-0.4, -0.2) is 48.7 Å². The Hall–Kier alpha value is -2.00. The van der Waals surface area contributed by atoms with Gasteiger partial charge in [0, 0.05) is 19.0 Å². The zero-order valence-electron chi connectivity index (χ0n) is 17.8. The second-order valence-corrected chi connectivity index (χ2v) is 7.93. The number of carbonyl (C=O) groups excluding carboxylic acids is 2. The van der Waals surface area contributed by atoms with E-state index in [0.717, 1.165) is 12.8 Å². The molecular formula is C23H36N2O4. The zero-order valence-corrected chi connectivity index (χ0v) is 17.8. The molecule has 0 aromatic carbocycles. The number of nitrogens with zero attached hydrogens (tertiary/aromatic N) is 1. The van der Waals surface area contributed by atoms with E-state index in [-0.39, 0.29) is 24.7 Å². The number of cyclic esters (lactones) is 1. The van der Waals surface area contributed by atoms with Gasteiger partial charge in [0.05, 0.1) is 18.7 Å². The van der Waals surface area contributed by atoms with Gasteiger partial charge in [-0.3, -0.25) is 9.69 Å². The summed E-state index contributed by atoms with van der Waals surface area (Å²) in [7, 11) is 0. The Labute approximate surface area is 175 Å². The van der Waals surface area contributed by atoms with Crippen molar-refractivity contribution in [3.05, 3.63) is 11.8 Å². The first-order valence-corrected chi connectivity index (χ1v) is 11.2. The van der Waals surface area contributed by atoms with Crippen molar-refractivity contribution in [1.29, 1.82) is 0 Å². The molecule has 0 unspecified atom stereocenters. The van der Waals surface area contributed by atoms with E-state index in [0.29, 0.717) is 25.3 Å². The third-order valence-corrected chi connectivity index (χ3v) is 5.54. The highest BCUT2D eigenvalue weighted by atomic mass is 16.6. The zero-order chi connectivity index (χ0) is 20.9. The largest absolute Gasteiger partial charge is 0.415 e. The first-order valence-electron chi connectivity index (χ1n) is 11.2. The van der Waals surface area contributed by atoms with Crippen LogP contribution in [0.25, 0.3) is 0 Å². The van der Waals surface area contributed by atoms with Gasteiger partial charge in [-0.2, -0.15) is 0 Å². The van der Waals surface area contributed by atoms with E-state index in [2.05, 4.69) is 18.2 Å². The Morgan fingerprint density at radius 1 is 1.21 bits per heavy atom. The maximum Gasteiger partial charge on any atom is 0.415 e. The summed E-state index contributed by atoms with van der Waals surface area (Å²) in [6, 6.07) is -0.228. The minimum Gasteiger partial charge on any atom is -0.412 e. The Morgan fingerprint density at radius 3 is 2.52 bits per heavy atom. The van der Waals surface area contributed by atoms with Gasteiger partial charge in [-0.1, -0.05) is 70.6 Å². The van der Waals surface area contributed by atoms with Gasteiger partial charge in [0.1, 0.15) is 12.4 Å². The average Bonchev–Trinajstić information content (AvgIpc) is 3.25. The average molecular weight is 405 g/mol. The molecule has 2 aliphatic heterocycles. The fraction of sp³-hybridized carbons (Fsp3) is 0.739. The van der Waals surface area contributed by atoms with Crippen LogP contribution in [0.2, 0.25) is 0 Å². The van der Waals surface area contributed by atoms with Crippen LogP contribution < -0.4 is 5.32 Å². The lowest BCUT2D eigenvalue weighted by Crippen LogP contribution is -2.28. The number of ether oxygens (including phenoxy) is 2. The number of unbranched alkanes of at least 4 members (excludes halogenated alkanes) is 9. The molecule has 0 aromatic rings. The summed E-state index contributed by atoms with van der Waals surface area (Å²) in [5.74, 6) is 2.63. The van der Waals surface area contributed by atoms with Gasteiger partial charge in [0.2, 0.25) is 5.91 Å². The van der Waals surface area contributed by atoms with E-state index >= 15 is 0 Å². The Bertz CT molecular complexity index is 596. The number of hydrogen-bond acceptors (Lipinski definition) is 4. The topological polar surface area (TPSA) is 67.9 Å². The molecule has 0 saturated carbocycles. The molecule has 29 heavy (non-hydrogen) atoms. The van der Waals surface area contributed by atoms with Crippen LogP contribution in [-0.2, 0) is 14.3 Å². The molecule has 0 radical (unpaired) electrons. The Kier molecular flexibility index (Phi) is 10.6. The summed E-state index contributed by atoms with van der Waals surface area (Å²) in [4.78, 5) is 25.7. The second-order valence-electron chi connectivity index (χ2n) is 7.93. The van der Waals surface area contributed by atoms with Crippen molar-refractivity contribution in [2.24, 2.45) is 0 Å². The van der Waals surface area contributed by atoms with Crippen LogP contribution in [0.1, 0.15) is 77.6 Å². The minimum absolute atomic E-state index is 0.109. The van der Waals surface area contributed by atoms with E-state index in [4.69, 9.17) is 15.9 Å². The van der Waals surface area contributed by atoms with Crippen molar-refractivity contribution in [3.8, 4) is 12.3 Å². The summed E-state index contributed by atoms with van der Waals surface area (Å²) in [5, 5.41) is 2.89. The number of amides is 2. The molecule has 0 bridgehead atoms. The lowest BCUT2D eigenvalue weighted by atomic mass is 10.1. The summed E-state index contributed by atoms with van der Waals surface area (Å²) >= 11 is 0. The van der Waals surface area contributed by atoms with Gasteiger partial charge < -0.3 is 14.8 Å². The van der Waals surface area contributed by atoms with E-state index in [1.807, 2.05) is 0 Å². The molecule has 6 heteroatoms. The standard InChI is InChI=1S/C23H36N2O4/c1-3-5-6-7-8-9-10-11-12-13-14-24-22(26)17-21-20-16-19(28-15-4-2)18-25(20)23(27)29-21/h2,17,19-20H,3,5-16,18H2,1H3,(H,24,26)/b21-17-/t19-,20+/m1/s1. The lowest BCUT2D eigenvalue weighted by Gasteiger charge is -2.10. The van der Waals surface area contributed by atoms with Crippen molar-refractivity contribution < 1.29 is 19.1 Å². The van der Waals surface area contributed by atoms with Crippen molar-refractivity contribution in [2.45, 2.75) is 89.7 Å². The van der Waals surface area contributed by atoms with Crippen molar-refractivity contribution >= 4 is 12.0 Å². The molecule has 162 valence electrons. The van der Waals surface area contributed by atoms with Crippen LogP contribution in [0, 0.1) is 12.3 Å². The summed E-state index contributed by atoms with van der Waals surface area (Å²) in [6.45, 7) is 3.56. The summed E-state index contributed by atoms with van der Waals surface area (Å²) < 4.78 is 10.8. The molecule has 0 aromatic heterocycles. The molecular weight excluding hydrogens is 368 g/mol. The molecule has 2 aliphatic rings. The van der Waals surface area contributed by atoms with Crippen LogP contribution >= 0.6 is 0 Å². The SMILES string of the molecule is C#CCO[C@@H]1C[C@H]2/C(=C/C(=O)NCCCCCCCCCCCC)OC(=O)N2C1. The van der Waals surface area contributed by atoms with E-state index in [9.17, 15) is 9.59 Å². The molecule has 2 heterocycles. The lowest BCUT2D eigenvalue weighted by molar-refractivity contribution is -0.116. The van der Waals surface area contributed by atoms with E-state index in [1.54, 1.807) is 4.90 Å². The molecule has 2 amide bonds. The predicted octanol–water partition coefficient (Wildman–Crippen LogP) is 4.15.